The Bertz CT molecular complexity index is 892. The third kappa shape index (κ3) is 3.67. The van der Waals surface area contributed by atoms with Crippen LogP contribution >= 0.6 is 16.1 Å². The molecule has 0 spiro atoms. The smallest absolute Gasteiger partial charge is 0.262 e. The molecule has 1 heterocycles. The van der Waals surface area contributed by atoms with E-state index in [1.54, 1.807) is 54.6 Å². The third-order valence-electron chi connectivity index (χ3n) is 4.29. The molecule has 2 aromatic rings. The summed E-state index contributed by atoms with van der Waals surface area (Å²) in [6, 6.07) is 13.9. The first kappa shape index (κ1) is 17.9. The van der Waals surface area contributed by atoms with Crippen LogP contribution in [0.2, 0.25) is 0 Å². The SMILES string of the molecule is [2H][C@@H](c1ccccc1)[C@@H](C(=O)N(Br)C(C)(C)C)N1C(=O)c2ccccc2C1=O. The maximum atomic E-state index is 13.3. The van der Waals surface area contributed by atoms with Crippen LogP contribution in [-0.2, 0) is 11.2 Å². The van der Waals surface area contributed by atoms with Crippen LogP contribution in [0.3, 0.4) is 0 Å². The lowest BCUT2D eigenvalue weighted by Crippen LogP contribution is -2.53. The molecule has 0 radical (unpaired) electrons. The molecule has 0 bridgehead atoms. The van der Waals surface area contributed by atoms with Gasteiger partial charge in [-0.15, -0.1) is 0 Å². The summed E-state index contributed by atoms with van der Waals surface area (Å²) in [5.41, 5.74) is 0.446. The highest BCUT2D eigenvalue weighted by atomic mass is 79.9. The fourth-order valence-electron chi connectivity index (χ4n) is 2.91. The molecule has 0 saturated heterocycles. The molecule has 1 aliphatic rings. The van der Waals surface area contributed by atoms with E-state index in [9.17, 15) is 14.4 Å². The van der Waals surface area contributed by atoms with E-state index in [1.807, 2.05) is 20.8 Å². The second-order valence-electron chi connectivity index (χ2n) is 7.34. The number of fused-ring (bicyclic) bond motifs is 1. The molecule has 27 heavy (non-hydrogen) atoms. The molecule has 3 rings (SSSR count). The molecule has 2 aromatic carbocycles. The molecule has 3 amide bonds. The molecule has 140 valence electrons. The van der Waals surface area contributed by atoms with Gasteiger partial charge in [-0.2, -0.15) is 0 Å². The van der Waals surface area contributed by atoms with Crippen LogP contribution in [0.4, 0.5) is 0 Å². The monoisotopic (exact) mass is 429 g/mol. The van der Waals surface area contributed by atoms with Gasteiger partial charge in [0.2, 0.25) is 0 Å². The first-order valence-corrected chi connectivity index (χ1v) is 9.29. The quantitative estimate of drug-likeness (QED) is 0.547. The Balaban J connectivity index is 2.08. The van der Waals surface area contributed by atoms with Gasteiger partial charge in [-0.1, -0.05) is 42.5 Å². The number of nitrogens with zero attached hydrogens (tertiary/aromatic N) is 2. The van der Waals surface area contributed by atoms with Crippen molar-refractivity contribution >= 4 is 33.9 Å². The molecule has 0 aliphatic carbocycles. The Labute approximate surface area is 168 Å². The number of imide groups is 1. The second kappa shape index (κ2) is 7.27. The summed E-state index contributed by atoms with van der Waals surface area (Å²) in [5, 5.41) is 0. The van der Waals surface area contributed by atoms with Crippen LogP contribution in [0.5, 0.6) is 0 Å². The fraction of sp³-hybridized carbons (Fsp3) is 0.286. The Morgan fingerprint density at radius 2 is 1.52 bits per heavy atom. The number of hydrogen-bond acceptors (Lipinski definition) is 3. The van der Waals surface area contributed by atoms with Gasteiger partial charge in [-0.3, -0.25) is 23.2 Å². The van der Waals surface area contributed by atoms with Crippen LogP contribution < -0.4 is 0 Å². The van der Waals surface area contributed by atoms with Crippen molar-refractivity contribution in [3.63, 3.8) is 0 Å². The van der Waals surface area contributed by atoms with Gasteiger partial charge in [0, 0.05) is 13.3 Å². The number of halogens is 1. The molecule has 0 unspecified atom stereocenters. The summed E-state index contributed by atoms with van der Waals surface area (Å²) in [6.07, 6.45) is -1.13. The summed E-state index contributed by atoms with van der Waals surface area (Å²) < 4.78 is 10.0. The molecule has 6 heteroatoms. The van der Waals surface area contributed by atoms with Gasteiger partial charge in [0.1, 0.15) is 6.04 Å². The van der Waals surface area contributed by atoms with Gasteiger partial charge in [0.25, 0.3) is 17.7 Å². The van der Waals surface area contributed by atoms with Crippen molar-refractivity contribution in [2.24, 2.45) is 0 Å². The van der Waals surface area contributed by atoms with Crippen LogP contribution in [0.1, 0.15) is 48.4 Å². The van der Waals surface area contributed by atoms with E-state index in [0.29, 0.717) is 5.56 Å². The maximum absolute atomic E-state index is 13.3. The topological polar surface area (TPSA) is 57.7 Å². The van der Waals surface area contributed by atoms with E-state index in [0.717, 1.165) is 4.90 Å². The minimum absolute atomic E-state index is 0.252. The molecular formula is C21H21BrN2O3. The largest absolute Gasteiger partial charge is 0.272 e. The van der Waals surface area contributed by atoms with E-state index in [2.05, 4.69) is 16.1 Å². The van der Waals surface area contributed by atoms with Gasteiger partial charge in [0.05, 0.1) is 27.3 Å². The number of carbonyl (C=O) groups excluding carboxylic acids is 3. The molecule has 0 N–H and O–H groups in total. The van der Waals surface area contributed by atoms with Gasteiger partial charge in [0.15, 0.2) is 0 Å². The van der Waals surface area contributed by atoms with E-state index >= 15 is 0 Å². The lowest BCUT2D eigenvalue weighted by atomic mass is 10.0. The minimum Gasteiger partial charge on any atom is -0.272 e. The fourth-order valence-corrected chi connectivity index (χ4v) is 3.12. The number of rotatable bonds is 4. The lowest BCUT2D eigenvalue weighted by Gasteiger charge is -2.35. The van der Waals surface area contributed by atoms with Crippen LogP contribution in [-0.4, -0.2) is 38.1 Å². The average molecular weight is 430 g/mol. The molecule has 0 saturated carbocycles. The van der Waals surface area contributed by atoms with Crippen molar-refractivity contribution < 1.29 is 15.8 Å². The molecule has 5 nitrogen and oxygen atoms in total. The zero-order valence-electron chi connectivity index (χ0n) is 16.3. The average Bonchev–Trinajstić information content (AvgIpc) is 2.93. The van der Waals surface area contributed by atoms with Crippen molar-refractivity contribution in [2.75, 3.05) is 0 Å². The van der Waals surface area contributed by atoms with Crippen molar-refractivity contribution in [3.05, 3.63) is 71.3 Å². The van der Waals surface area contributed by atoms with Crippen LogP contribution in [0.15, 0.2) is 54.6 Å². The van der Waals surface area contributed by atoms with Crippen molar-refractivity contribution in [1.82, 2.24) is 8.83 Å². The third-order valence-corrected chi connectivity index (χ3v) is 5.70. The van der Waals surface area contributed by atoms with Crippen LogP contribution in [0, 0.1) is 0 Å². The van der Waals surface area contributed by atoms with Gasteiger partial charge in [-0.05, 0) is 38.5 Å². The first-order chi connectivity index (χ1) is 13.1. The second-order valence-corrected chi connectivity index (χ2v) is 8.05. The summed E-state index contributed by atoms with van der Waals surface area (Å²) in [5.74, 6) is -1.63. The zero-order chi connectivity index (χ0) is 20.6. The highest BCUT2D eigenvalue weighted by Gasteiger charge is 2.44. The summed E-state index contributed by atoms with van der Waals surface area (Å²) in [6.45, 7) is 5.46. The van der Waals surface area contributed by atoms with Gasteiger partial charge >= 0.3 is 0 Å². The predicted molar refractivity (Wildman–Crippen MR) is 106 cm³/mol. The molecular weight excluding hydrogens is 408 g/mol. The summed E-state index contributed by atoms with van der Waals surface area (Å²) >= 11 is 3.28. The molecule has 1 aliphatic heterocycles. The highest BCUT2D eigenvalue weighted by molar-refractivity contribution is 9.07. The maximum Gasteiger partial charge on any atom is 0.262 e. The van der Waals surface area contributed by atoms with E-state index < -0.39 is 35.7 Å². The Morgan fingerprint density at radius 1 is 1.04 bits per heavy atom. The normalized spacial score (nSPS) is 16.6. The minimum atomic E-state index is -1.30. The first-order valence-electron chi connectivity index (χ1n) is 9.16. The van der Waals surface area contributed by atoms with E-state index in [-0.39, 0.29) is 11.1 Å². The van der Waals surface area contributed by atoms with Crippen molar-refractivity contribution in [3.8, 4) is 0 Å². The van der Waals surface area contributed by atoms with Gasteiger partial charge < -0.3 is 0 Å². The Hall–Kier alpha value is -2.47. The molecule has 2 atom stereocenters. The van der Waals surface area contributed by atoms with Crippen molar-refractivity contribution in [2.45, 2.75) is 38.7 Å². The number of amides is 3. The number of benzene rings is 2. The Kier molecular flexibility index (Phi) is 4.83. The summed E-state index contributed by atoms with van der Waals surface area (Å²) in [7, 11) is 0. The Morgan fingerprint density at radius 3 is 2.00 bits per heavy atom. The lowest BCUT2D eigenvalue weighted by molar-refractivity contribution is -0.132. The molecule has 0 fully saturated rings. The van der Waals surface area contributed by atoms with Crippen molar-refractivity contribution in [1.29, 1.82) is 0 Å². The van der Waals surface area contributed by atoms with Gasteiger partial charge in [-0.25, -0.2) is 0 Å². The standard InChI is InChI=1S/C21H21BrN2O3/c1-21(2,3)24(22)20(27)17(13-14-9-5-4-6-10-14)23-18(25)15-11-7-8-12-16(15)19(23)26/h4-12,17H,13H2,1-3H3/t17-/m0/s1/i13D/t13-,17-. The summed E-state index contributed by atoms with van der Waals surface area (Å²) in [4.78, 5) is 40.3. The number of carbonyl (C=O) groups is 3. The molecule has 0 aromatic heterocycles. The van der Waals surface area contributed by atoms with E-state index in [1.165, 1.54) is 3.93 Å². The number of hydrogen-bond donors (Lipinski definition) is 0. The highest BCUT2D eigenvalue weighted by Crippen LogP contribution is 2.29. The van der Waals surface area contributed by atoms with Crippen LogP contribution in [0.25, 0.3) is 0 Å². The predicted octanol–water partition coefficient (Wildman–Crippen LogP) is 3.83. The zero-order valence-corrected chi connectivity index (χ0v) is 16.9. The van der Waals surface area contributed by atoms with E-state index in [4.69, 9.17) is 1.37 Å².